The van der Waals surface area contributed by atoms with Gasteiger partial charge in [0, 0.05) is 75.8 Å². The molecule has 56 heavy (non-hydrogen) atoms. The van der Waals surface area contributed by atoms with Gasteiger partial charge in [0.15, 0.2) is 6.10 Å². The molecule has 0 saturated carbocycles. The third-order valence-electron chi connectivity index (χ3n) is 10.0. The molecule has 4 amide bonds. The maximum Gasteiger partial charge on any atom is 0.407 e. The zero-order valence-corrected chi connectivity index (χ0v) is 30.8. The van der Waals surface area contributed by atoms with Gasteiger partial charge in [-0.1, -0.05) is 12.1 Å². The van der Waals surface area contributed by atoms with Crippen LogP contribution in [0.25, 0.3) is 11.3 Å². The van der Waals surface area contributed by atoms with Gasteiger partial charge in [-0.05, 0) is 61.6 Å². The van der Waals surface area contributed by atoms with Gasteiger partial charge >= 0.3 is 6.09 Å². The summed E-state index contributed by atoms with van der Waals surface area (Å²) in [6.45, 7) is 2.52. The van der Waals surface area contributed by atoms with Gasteiger partial charge in [0.05, 0.1) is 31.5 Å². The minimum Gasteiger partial charge on any atom is -0.436 e. The quantitative estimate of drug-likeness (QED) is 0.126. The number of nitrogens with zero attached hydrogens (tertiary/aromatic N) is 4. The number of imide groups is 1. The summed E-state index contributed by atoms with van der Waals surface area (Å²) in [5.41, 5.74) is 0.490. The molecule has 300 valence electrons. The first-order valence-electron chi connectivity index (χ1n) is 18.5. The Kier molecular flexibility index (Phi) is 13.5. The normalized spacial score (nSPS) is 19.7. The number of carbonyl (C=O) groups excluding carboxylic acids is 4. The van der Waals surface area contributed by atoms with E-state index in [4.69, 9.17) is 19.2 Å². The van der Waals surface area contributed by atoms with Crippen LogP contribution in [-0.4, -0.2) is 115 Å². The molecule has 0 spiro atoms. The van der Waals surface area contributed by atoms with Crippen LogP contribution in [0, 0.1) is 29.3 Å². The lowest BCUT2D eigenvalue weighted by Crippen LogP contribution is -2.49. The molecule has 1 aromatic heterocycles. The van der Waals surface area contributed by atoms with E-state index in [0.29, 0.717) is 31.6 Å². The summed E-state index contributed by atoms with van der Waals surface area (Å²) in [5.74, 6) is -4.07. The molecule has 4 unspecified atom stereocenters. The Hall–Kier alpha value is -5.13. The number of imidazole rings is 1. The summed E-state index contributed by atoms with van der Waals surface area (Å²) in [6, 6.07) is 7.99. The number of alkyl carbamates (subject to hydrolysis) is 1. The van der Waals surface area contributed by atoms with Crippen LogP contribution in [0.15, 0.2) is 60.8 Å². The summed E-state index contributed by atoms with van der Waals surface area (Å²) in [6.07, 6.45) is 1.23. The second-order valence-electron chi connectivity index (χ2n) is 13.9. The Morgan fingerprint density at radius 3 is 2.50 bits per heavy atom. The van der Waals surface area contributed by atoms with Gasteiger partial charge in [-0.2, -0.15) is 0 Å². The van der Waals surface area contributed by atoms with Gasteiger partial charge in [0.1, 0.15) is 29.4 Å². The van der Waals surface area contributed by atoms with Crippen LogP contribution in [-0.2, 0) is 35.1 Å². The Morgan fingerprint density at radius 2 is 1.79 bits per heavy atom. The van der Waals surface area contributed by atoms with E-state index < -0.39 is 65.5 Å². The highest BCUT2D eigenvalue weighted by Gasteiger charge is 2.42. The monoisotopic (exact) mass is 784 g/mol. The van der Waals surface area contributed by atoms with Crippen LogP contribution < -0.4 is 10.6 Å². The van der Waals surface area contributed by atoms with Crippen molar-refractivity contribution >= 4 is 23.8 Å². The number of nitrogens with one attached hydrogen (secondary N) is 2. The van der Waals surface area contributed by atoms with Crippen molar-refractivity contribution in [2.75, 3.05) is 59.2 Å². The number of hydrogen-bond acceptors (Lipinski definition) is 9. The number of benzene rings is 2. The summed E-state index contributed by atoms with van der Waals surface area (Å²) < 4.78 is 77.6. The maximum absolute atomic E-state index is 15.3. The van der Waals surface area contributed by atoms with Crippen molar-refractivity contribution in [3.05, 3.63) is 89.7 Å². The first-order chi connectivity index (χ1) is 27.0. The molecule has 2 fully saturated rings. The lowest BCUT2D eigenvalue weighted by Gasteiger charge is -2.40. The molecule has 4 heterocycles. The number of halogens is 4. The van der Waals surface area contributed by atoms with Gasteiger partial charge in [0.25, 0.3) is 17.7 Å². The van der Waals surface area contributed by atoms with Crippen molar-refractivity contribution in [3.63, 3.8) is 0 Å². The van der Waals surface area contributed by atoms with Gasteiger partial charge < -0.3 is 34.3 Å². The molecule has 2 aromatic carbocycles. The summed E-state index contributed by atoms with van der Waals surface area (Å²) in [7, 11) is 0. The Labute approximate surface area is 321 Å². The molecular formula is C39H44F4N6O7. The van der Waals surface area contributed by atoms with E-state index in [-0.39, 0.29) is 75.5 Å². The zero-order chi connectivity index (χ0) is 39.8. The zero-order valence-electron chi connectivity index (χ0n) is 30.8. The SMILES string of the molecule is CC(OC(=O)NCCOCCN1C(=O)C=CC1=O)C(=O)N(CC1CNCC1F)C(c1nc(-c2cc(F)ccc2F)cn1Cc1cccc(F)c1)C1CCOCC1. The van der Waals surface area contributed by atoms with E-state index in [1.165, 1.54) is 42.3 Å². The van der Waals surface area contributed by atoms with Crippen LogP contribution in [0.3, 0.4) is 0 Å². The maximum atomic E-state index is 15.3. The highest BCUT2D eigenvalue weighted by molar-refractivity contribution is 6.12. The van der Waals surface area contributed by atoms with E-state index in [1.54, 1.807) is 16.7 Å². The number of ether oxygens (including phenoxy) is 3. The van der Waals surface area contributed by atoms with E-state index in [0.717, 1.165) is 23.1 Å². The molecule has 0 radical (unpaired) electrons. The molecule has 0 bridgehead atoms. The molecule has 3 aliphatic heterocycles. The van der Waals surface area contributed by atoms with Crippen molar-refractivity contribution in [1.29, 1.82) is 0 Å². The van der Waals surface area contributed by atoms with E-state index >= 15 is 8.78 Å². The van der Waals surface area contributed by atoms with Gasteiger partial charge in [-0.25, -0.2) is 27.3 Å². The molecular weight excluding hydrogens is 740 g/mol. The number of hydrogen-bond donors (Lipinski definition) is 2. The number of carbonyl (C=O) groups is 4. The van der Waals surface area contributed by atoms with E-state index in [2.05, 4.69) is 10.6 Å². The minimum absolute atomic E-state index is 0.0114. The van der Waals surface area contributed by atoms with Gasteiger partial charge in [-0.3, -0.25) is 19.3 Å². The van der Waals surface area contributed by atoms with E-state index in [9.17, 15) is 28.0 Å². The molecule has 0 aliphatic carbocycles. The average molecular weight is 785 g/mol. The fourth-order valence-electron chi connectivity index (χ4n) is 7.18. The van der Waals surface area contributed by atoms with Crippen molar-refractivity contribution < 1.29 is 51.0 Å². The first kappa shape index (κ1) is 40.5. The smallest absolute Gasteiger partial charge is 0.407 e. The van der Waals surface area contributed by atoms with Crippen molar-refractivity contribution in [3.8, 4) is 11.3 Å². The molecule has 4 atom stereocenters. The van der Waals surface area contributed by atoms with Crippen LogP contribution in [0.4, 0.5) is 22.4 Å². The second-order valence-corrected chi connectivity index (χ2v) is 13.9. The number of aromatic nitrogens is 2. The molecule has 13 nitrogen and oxygen atoms in total. The first-order valence-corrected chi connectivity index (χ1v) is 18.5. The van der Waals surface area contributed by atoms with Crippen LogP contribution in [0.1, 0.15) is 37.2 Å². The fourth-order valence-corrected chi connectivity index (χ4v) is 7.18. The van der Waals surface area contributed by atoms with Crippen LogP contribution >= 0.6 is 0 Å². The largest absolute Gasteiger partial charge is 0.436 e. The standard InChI is InChI=1S/C39H44F4N6O7/c1-24(56-39(53)45-11-15-55-16-12-48-34(50)7-8-35(48)51)38(52)49(22-27-19-44-20-32(27)43)36(26-9-13-54-14-10-26)37-46-33(30-18-29(41)5-6-31(30)42)23-47(37)21-25-3-2-4-28(40)17-25/h2-8,17-18,23-24,26-27,32,36,44H,9-16,19-22H2,1H3,(H,45,53). The van der Waals surface area contributed by atoms with Crippen molar-refractivity contribution in [2.45, 2.75) is 44.6 Å². The summed E-state index contributed by atoms with van der Waals surface area (Å²) >= 11 is 0. The minimum atomic E-state index is -1.36. The van der Waals surface area contributed by atoms with Crippen LogP contribution in [0.2, 0.25) is 0 Å². The number of amides is 4. The molecule has 2 saturated heterocycles. The molecule has 17 heteroatoms. The molecule has 3 aliphatic rings. The van der Waals surface area contributed by atoms with Crippen molar-refractivity contribution in [1.82, 2.24) is 30.0 Å². The highest BCUT2D eigenvalue weighted by Crippen LogP contribution is 2.38. The average Bonchev–Trinajstić information content (AvgIpc) is 3.88. The molecule has 2 N–H and O–H groups in total. The van der Waals surface area contributed by atoms with E-state index in [1.807, 2.05) is 0 Å². The number of alkyl halides is 1. The van der Waals surface area contributed by atoms with Crippen LogP contribution in [0.5, 0.6) is 0 Å². The predicted molar refractivity (Wildman–Crippen MR) is 193 cm³/mol. The second kappa shape index (κ2) is 18.7. The summed E-state index contributed by atoms with van der Waals surface area (Å²) in [4.78, 5) is 58.2. The molecule has 6 rings (SSSR count). The van der Waals surface area contributed by atoms with Gasteiger partial charge in [-0.15, -0.1) is 0 Å². The van der Waals surface area contributed by atoms with Gasteiger partial charge in [0.2, 0.25) is 0 Å². The lowest BCUT2D eigenvalue weighted by atomic mass is 9.88. The number of rotatable bonds is 16. The highest BCUT2D eigenvalue weighted by atomic mass is 19.1. The Bertz CT molecular complexity index is 1900. The summed E-state index contributed by atoms with van der Waals surface area (Å²) in [5, 5.41) is 5.53. The Balaban J connectivity index is 1.26. The Morgan fingerprint density at radius 1 is 1.04 bits per heavy atom. The van der Waals surface area contributed by atoms with Crippen molar-refractivity contribution in [2.24, 2.45) is 11.8 Å². The molecule has 3 aromatic rings. The predicted octanol–water partition coefficient (Wildman–Crippen LogP) is 3.93. The third kappa shape index (κ3) is 9.99. The lowest BCUT2D eigenvalue weighted by molar-refractivity contribution is -0.146. The topological polar surface area (TPSA) is 144 Å². The third-order valence-corrected chi connectivity index (χ3v) is 10.0. The fraction of sp³-hybridized carbons (Fsp3) is 0.462.